The molecular formula is C18H22FIO2. The first kappa shape index (κ1) is 15.2. The molecule has 120 valence electrons. The van der Waals surface area contributed by atoms with E-state index in [-0.39, 0.29) is 17.3 Å². The smallest absolute Gasteiger partial charge is 0.168 e. The van der Waals surface area contributed by atoms with Crippen molar-refractivity contribution in [1.82, 2.24) is 0 Å². The lowest BCUT2D eigenvalue weighted by Crippen LogP contribution is -2.44. The van der Waals surface area contributed by atoms with E-state index in [1.54, 1.807) is 0 Å². The highest BCUT2D eigenvalue weighted by molar-refractivity contribution is 14.1. The van der Waals surface area contributed by atoms with Gasteiger partial charge < -0.3 is 10.2 Å². The standard InChI is InChI=1S/C18H22FIO2/c1-18-7-6-10-9-4-5-15(21)16(19)12(9)3-2-11(10)13(18)8-14(20)17(18)22/h4-5,10-11,13-14,17,21-22H,2-3,6-8H2,1H3/t10-,11-,13+,14-,17+,18+/m1/s1/i20-2. The Hall–Kier alpha value is -0.360. The van der Waals surface area contributed by atoms with Crippen LogP contribution in [0, 0.1) is 23.1 Å². The van der Waals surface area contributed by atoms with Gasteiger partial charge >= 0.3 is 0 Å². The Morgan fingerprint density at radius 2 is 2.09 bits per heavy atom. The number of halogens is 2. The quantitative estimate of drug-likeness (QED) is 0.495. The number of aliphatic hydroxyl groups excluding tert-OH is 1. The normalized spacial score (nSPS) is 43.4. The van der Waals surface area contributed by atoms with Crippen LogP contribution < -0.4 is 0 Å². The van der Waals surface area contributed by atoms with E-state index in [0.29, 0.717) is 28.1 Å². The summed E-state index contributed by atoms with van der Waals surface area (Å²) in [5.41, 5.74) is 1.87. The van der Waals surface area contributed by atoms with Crippen molar-refractivity contribution in [2.45, 2.75) is 55.0 Å². The number of phenols is 1. The van der Waals surface area contributed by atoms with Crippen molar-refractivity contribution in [3.8, 4) is 5.75 Å². The summed E-state index contributed by atoms with van der Waals surface area (Å²) in [7, 11) is 0. The molecule has 0 aliphatic heterocycles. The van der Waals surface area contributed by atoms with Crippen molar-refractivity contribution < 1.29 is 14.6 Å². The van der Waals surface area contributed by atoms with Crippen molar-refractivity contribution in [2.75, 3.05) is 0 Å². The molecule has 4 heteroatoms. The second kappa shape index (κ2) is 5.07. The summed E-state index contributed by atoms with van der Waals surface area (Å²) in [5.74, 6) is 0.840. The molecule has 0 spiro atoms. The average Bonchev–Trinajstić information content (AvgIpc) is 2.74. The molecule has 0 aromatic heterocycles. The predicted octanol–water partition coefficient (Wildman–Crippen LogP) is 4.16. The topological polar surface area (TPSA) is 40.5 Å². The molecule has 2 nitrogen and oxygen atoms in total. The SMILES string of the molecule is C[C@]12CC[C@@H]3c4ccc(O)c(F)c4CC[C@H]3[C@@H]1C[C@@H]([125I])[C@@H]2O. The van der Waals surface area contributed by atoms with Crippen LogP contribution in [-0.4, -0.2) is 20.2 Å². The molecule has 0 unspecified atom stereocenters. The lowest BCUT2D eigenvalue weighted by Gasteiger charge is -2.50. The summed E-state index contributed by atoms with van der Waals surface area (Å²) in [6.45, 7) is 2.25. The molecule has 0 saturated heterocycles. The van der Waals surface area contributed by atoms with E-state index >= 15 is 0 Å². The molecule has 1 aromatic carbocycles. The Kier molecular flexibility index (Phi) is 3.50. The third kappa shape index (κ3) is 1.92. The molecule has 0 heterocycles. The van der Waals surface area contributed by atoms with Gasteiger partial charge in [-0.05, 0) is 72.5 Å². The first-order chi connectivity index (χ1) is 10.4. The Morgan fingerprint density at radius 3 is 2.86 bits per heavy atom. The van der Waals surface area contributed by atoms with E-state index in [4.69, 9.17) is 0 Å². The number of hydrogen-bond donors (Lipinski definition) is 2. The highest BCUT2D eigenvalue weighted by Crippen LogP contribution is 2.62. The summed E-state index contributed by atoms with van der Waals surface area (Å²) in [6.07, 6.45) is 4.60. The molecule has 3 aliphatic carbocycles. The third-order valence-electron chi connectivity index (χ3n) is 6.76. The van der Waals surface area contributed by atoms with E-state index in [2.05, 4.69) is 29.5 Å². The van der Waals surface area contributed by atoms with Crippen molar-refractivity contribution in [3.05, 3.63) is 29.1 Å². The molecule has 2 saturated carbocycles. The van der Waals surface area contributed by atoms with Crippen LogP contribution >= 0.6 is 22.6 Å². The maximum absolute atomic E-state index is 14.2. The number of benzene rings is 1. The van der Waals surface area contributed by atoms with Crippen molar-refractivity contribution in [3.63, 3.8) is 0 Å². The maximum atomic E-state index is 14.2. The van der Waals surface area contributed by atoms with Gasteiger partial charge in [0, 0.05) is 3.92 Å². The van der Waals surface area contributed by atoms with Crippen molar-refractivity contribution >= 4 is 22.6 Å². The lowest BCUT2D eigenvalue weighted by atomic mass is 9.55. The monoisotopic (exact) mass is 414 g/mol. The maximum Gasteiger partial charge on any atom is 0.168 e. The molecule has 4 rings (SSSR count). The fourth-order valence-corrected chi connectivity index (χ4v) is 6.93. The number of aliphatic hydroxyl groups is 1. The van der Waals surface area contributed by atoms with Gasteiger partial charge in [-0.15, -0.1) is 0 Å². The largest absolute Gasteiger partial charge is 0.505 e. The van der Waals surface area contributed by atoms with E-state index in [1.807, 2.05) is 6.07 Å². The summed E-state index contributed by atoms with van der Waals surface area (Å²) < 4.78 is 14.6. The second-order valence-electron chi connectivity index (χ2n) is 7.62. The van der Waals surface area contributed by atoms with E-state index in [1.165, 1.54) is 6.07 Å². The molecule has 3 aliphatic rings. The minimum Gasteiger partial charge on any atom is -0.505 e. The van der Waals surface area contributed by atoms with Crippen molar-refractivity contribution in [1.29, 1.82) is 0 Å². The fourth-order valence-electron chi connectivity index (χ4n) is 5.56. The number of rotatable bonds is 0. The fraction of sp³-hybridized carbons (Fsp3) is 0.667. The van der Waals surface area contributed by atoms with Gasteiger partial charge in [0.25, 0.3) is 0 Å². The van der Waals surface area contributed by atoms with E-state index in [9.17, 15) is 14.6 Å². The van der Waals surface area contributed by atoms with Gasteiger partial charge in [-0.25, -0.2) is 4.39 Å². The van der Waals surface area contributed by atoms with Crippen LogP contribution in [0.15, 0.2) is 12.1 Å². The van der Waals surface area contributed by atoms with E-state index < -0.39 is 5.82 Å². The number of fused-ring (bicyclic) bond motifs is 5. The van der Waals surface area contributed by atoms with E-state index in [0.717, 1.165) is 36.8 Å². The third-order valence-corrected chi connectivity index (χ3v) is 7.95. The number of hydrogen-bond acceptors (Lipinski definition) is 2. The summed E-state index contributed by atoms with van der Waals surface area (Å²) in [4.78, 5) is 0. The average molecular weight is 414 g/mol. The highest BCUT2D eigenvalue weighted by Gasteiger charge is 2.57. The number of aromatic hydroxyl groups is 1. The lowest BCUT2D eigenvalue weighted by molar-refractivity contribution is -0.0210. The highest BCUT2D eigenvalue weighted by atomic mass is 125. The molecule has 1 aromatic rings. The van der Waals surface area contributed by atoms with Gasteiger partial charge in [-0.1, -0.05) is 35.6 Å². The van der Waals surface area contributed by atoms with Crippen LogP contribution in [-0.2, 0) is 6.42 Å². The zero-order valence-electron chi connectivity index (χ0n) is 12.7. The second-order valence-corrected chi connectivity index (χ2v) is 9.22. The summed E-state index contributed by atoms with van der Waals surface area (Å²) >= 11 is 2.40. The molecule has 2 N–H and O–H groups in total. The van der Waals surface area contributed by atoms with Crippen LogP contribution in [0.3, 0.4) is 0 Å². The minimum absolute atomic E-state index is 0.0278. The zero-order valence-corrected chi connectivity index (χ0v) is 14.9. The first-order valence-electron chi connectivity index (χ1n) is 8.26. The van der Waals surface area contributed by atoms with Crippen LogP contribution in [0.1, 0.15) is 49.7 Å². The molecule has 22 heavy (non-hydrogen) atoms. The molecule has 0 radical (unpaired) electrons. The number of phenolic OH excluding ortho intramolecular Hbond substituents is 1. The Bertz CT molecular complexity index is 619. The predicted molar refractivity (Wildman–Crippen MR) is 91.9 cm³/mol. The van der Waals surface area contributed by atoms with Crippen LogP contribution in [0.4, 0.5) is 4.39 Å². The zero-order chi connectivity index (χ0) is 15.6. The minimum atomic E-state index is -0.414. The molecule has 0 amide bonds. The molecule has 2 fully saturated rings. The number of alkyl halides is 1. The van der Waals surface area contributed by atoms with Gasteiger partial charge in [-0.2, -0.15) is 0 Å². The van der Waals surface area contributed by atoms with Gasteiger partial charge in [0.1, 0.15) is 0 Å². The van der Waals surface area contributed by atoms with Gasteiger partial charge in [0.15, 0.2) is 11.6 Å². The molecule has 6 atom stereocenters. The van der Waals surface area contributed by atoms with Gasteiger partial charge in [-0.3, -0.25) is 0 Å². The first-order valence-corrected chi connectivity index (χ1v) is 9.50. The Labute approximate surface area is 144 Å². The summed E-state index contributed by atoms with van der Waals surface area (Å²) in [5, 5.41) is 20.2. The summed E-state index contributed by atoms with van der Waals surface area (Å²) in [6, 6.07) is 3.44. The van der Waals surface area contributed by atoms with Crippen LogP contribution in [0.5, 0.6) is 5.75 Å². The Morgan fingerprint density at radius 1 is 1.32 bits per heavy atom. The van der Waals surface area contributed by atoms with Gasteiger partial charge in [0.2, 0.25) is 0 Å². The van der Waals surface area contributed by atoms with Crippen LogP contribution in [0.25, 0.3) is 0 Å². The van der Waals surface area contributed by atoms with Gasteiger partial charge in [0.05, 0.1) is 6.10 Å². The Balaban J connectivity index is 1.73. The molecule has 0 bridgehead atoms. The molecular weight excluding hydrogens is 392 g/mol. The van der Waals surface area contributed by atoms with Crippen LogP contribution in [0.2, 0.25) is 0 Å². The van der Waals surface area contributed by atoms with Crippen molar-refractivity contribution in [2.24, 2.45) is 17.3 Å².